The number of hydrogen-bond donors (Lipinski definition) is 2. The fourth-order valence-electron chi connectivity index (χ4n) is 2.19. The van der Waals surface area contributed by atoms with Crippen molar-refractivity contribution in [3.63, 3.8) is 0 Å². The van der Waals surface area contributed by atoms with Gasteiger partial charge in [-0.15, -0.1) is 0 Å². The van der Waals surface area contributed by atoms with Crippen LogP contribution in [0.1, 0.15) is 12.0 Å². The number of para-hydroxylation sites is 1. The zero-order valence-electron chi connectivity index (χ0n) is 14.1. The van der Waals surface area contributed by atoms with Gasteiger partial charge in [0.1, 0.15) is 18.1 Å². The van der Waals surface area contributed by atoms with E-state index >= 15 is 0 Å². The van der Waals surface area contributed by atoms with Gasteiger partial charge in [-0.1, -0.05) is 30.3 Å². The molecule has 0 saturated carbocycles. The molecule has 0 aromatic heterocycles. The number of carbonyl (C=O) groups excluding carboxylic acids is 1. The van der Waals surface area contributed by atoms with Crippen molar-refractivity contribution in [1.82, 2.24) is 10.6 Å². The molecule has 0 saturated heterocycles. The zero-order chi connectivity index (χ0) is 17.2. The Morgan fingerprint density at radius 2 is 1.79 bits per heavy atom. The van der Waals surface area contributed by atoms with Crippen LogP contribution in [0, 0.1) is 6.92 Å². The number of hydrogen-bond acceptors (Lipinski definition) is 3. The molecule has 2 N–H and O–H groups in total. The normalized spacial score (nSPS) is 11.4. The molecule has 0 aliphatic carbocycles. The summed E-state index contributed by atoms with van der Waals surface area (Å²) in [5, 5.41) is 5.45. The van der Waals surface area contributed by atoms with Crippen LogP contribution in [0.15, 0.2) is 54.6 Å². The van der Waals surface area contributed by atoms with Crippen molar-refractivity contribution < 1.29 is 14.3 Å². The molecule has 2 amide bonds. The number of amides is 2. The fraction of sp³-hybridized carbons (Fsp3) is 0.316. The van der Waals surface area contributed by atoms with Crippen LogP contribution in [-0.2, 0) is 0 Å². The van der Waals surface area contributed by atoms with E-state index in [1.807, 2.05) is 61.5 Å². The van der Waals surface area contributed by atoms with Gasteiger partial charge in [0.2, 0.25) is 0 Å². The van der Waals surface area contributed by atoms with Crippen LogP contribution in [0.4, 0.5) is 4.79 Å². The summed E-state index contributed by atoms with van der Waals surface area (Å²) in [6.45, 7) is 2.89. The zero-order valence-corrected chi connectivity index (χ0v) is 14.1. The first kappa shape index (κ1) is 17.7. The van der Waals surface area contributed by atoms with Crippen molar-refractivity contribution in [2.24, 2.45) is 0 Å². The van der Waals surface area contributed by atoms with E-state index in [-0.39, 0.29) is 12.1 Å². The summed E-state index contributed by atoms with van der Waals surface area (Å²) in [6.07, 6.45) is 0.647. The van der Waals surface area contributed by atoms with Gasteiger partial charge in [0.05, 0.1) is 12.6 Å². The summed E-state index contributed by atoms with van der Waals surface area (Å²) in [4.78, 5) is 11.6. The van der Waals surface area contributed by atoms with E-state index in [1.54, 1.807) is 7.05 Å². The Balaban J connectivity index is 1.85. The summed E-state index contributed by atoms with van der Waals surface area (Å²) in [5.74, 6) is 1.61. The highest BCUT2D eigenvalue weighted by atomic mass is 16.5. The molecule has 128 valence electrons. The predicted molar refractivity (Wildman–Crippen MR) is 94.6 cm³/mol. The van der Waals surface area contributed by atoms with Crippen molar-refractivity contribution >= 4 is 6.03 Å². The maximum atomic E-state index is 11.6. The topological polar surface area (TPSA) is 59.6 Å². The molecule has 0 radical (unpaired) electrons. The van der Waals surface area contributed by atoms with Crippen molar-refractivity contribution in [3.05, 3.63) is 60.2 Å². The Kier molecular flexibility index (Phi) is 6.95. The van der Waals surface area contributed by atoms with Crippen LogP contribution < -0.4 is 20.1 Å². The number of ether oxygens (including phenoxy) is 2. The van der Waals surface area contributed by atoms with Crippen LogP contribution in [0.2, 0.25) is 0 Å². The SMILES string of the molecule is CNC(=O)N[C@@H](CCOc1ccccc1)COc1cccc(C)c1. The van der Waals surface area contributed by atoms with Crippen molar-refractivity contribution in [2.75, 3.05) is 20.3 Å². The Morgan fingerprint density at radius 1 is 1.04 bits per heavy atom. The van der Waals surface area contributed by atoms with E-state index in [9.17, 15) is 4.79 Å². The Labute approximate surface area is 143 Å². The summed E-state index contributed by atoms with van der Waals surface area (Å²) >= 11 is 0. The average molecular weight is 328 g/mol. The first-order valence-corrected chi connectivity index (χ1v) is 8.03. The molecule has 1 atom stereocenters. The van der Waals surface area contributed by atoms with Crippen LogP contribution in [0.5, 0.6) is 11.5 Å². The van der Waals surface area contributed by atoms with Gasteiger partial charge in [-0.2, -0.15) is 0 Å². The largest absolute Gasteiger partial charge is 0.494 e. The Hall–Kier alpha value is -2.69. The van der Waals surface area contributed by atoms with E-state index in [2.05, 4.69) is 10.6 Å². The van der Waals surface area contributed by atoms with E-state index in [0.717, 1.165) is 17.1 Å². The van der Waals surface area contributed by atoms with E-state index in [4.69, 9.17) is 9.47 Å². The third kappa shape index (κ3) is 6.20. The molecule has 2 rings (SSSR count). The highest BCUT2D eigenvalue weighted by Gasteiger charge is 2.13. The number of benzene rings is 2. The van der Waals surface area contributed by atoms with Gasteiger partial charge >= 0.3 is 6.03 Å². The fourth-order valence-corrected chi connectivity index (χ4v) is 2.19. The molecule has 0 unspecified atom stereocenters. The molecule has 0 aliphatic heterocycles. The highest BCUT2D eigenvalue weighted by Crippen LogP contribution is 2.13. The molecule has 0 fully saturated rings. The lowest BCUT2D eigenvalue weighted by Gasteiger charge is -2.19. The van der Waals surface area contributed by atoms with Gasteiger partial charge in [-0.05, 0) is 36.8 Å². The quantitative estimate of drug-likeness (QED) is 0.782. The van der Waals surface area contributed by atoms with Gasteiger partial charge in [-0.25, -0.2) is 4.79 Å². The Bertz CT molecular complexity index is 632. The second-order valence-corrected chi connectivity index (χ2v) is 5.50. The van der Waals surface area contributed by atoms with E-state index in [1.165, 1.54) is 0 Å². The minimum Gasteiger partial charge on any atom is -0.494 e. The lowest BCUT2D eigenvalue weighted by atomic mass is 10.2. The minimum atomic E-state index is -0.229. The first-order chi connectivity index (χ1) is 11.7. The summed E-state index contributed by atoms with van der Waals surface area (Å²) in [6, 6.07) is 17.1. The minimum absolute atomic E-state index is 0.144. The number of aryl methyl sites for hydroxylation is 1. The number of nitrogens with one attached hydrogen (secondary N) is 2. The van der Waals surface area contributed by atoms with E-state index < -0.39 is 0 Å². The Morgan fingerprint density at radius 3 is 2.50 bits per heavy atom. The average Bonchev–Trinajstić information content (AvgIpc) is 2.60. The van der Waals surface area contributed by atoms with Crippen molar-refractivity contribution in [1.29, 1.82) is 0 Å². The molecule has 0 spiro atoms. The van der Waals surface area contributed by atoms with Gasteiger partial charge in [0.25, 0.3) is 0 Å². The molecule has 2 aromatic carbocycles. The van der Waals surface area contributed by atoms with Crippen molar-refractivity contribution in [2.45, 2.75) is 19.4 Å². The molecule has 24 heavy (non-hydrogen) atoms. The monoisotopic (exact) mass is 328 g/mol. The molecular weight excluding hydrogens is 304 g/mol. The smallest absolute Gasteiger partial charge is 0.314 e. The number of rotatable bonds is 8. The van der Waals surface area contributed by atoms with Crippen LogP contribution in [0.25, 0.3) is 0 Å². The number of urea groups is 1. The third-order valence-electron chi connectivity index (χ3n) is 3.48. The first-order valence-electron chi connectivity index (χ1n) is 8.03. The summed E-state index contributed by atoms with van der Waals surface area (Å²) in [7, 11) is 1.59. The van der Waals surface area contributed by atoms with Crippen LogP contribution in [0.3, 0.4) is 0 Å². The second kappa shape index (κ2) is 9.45. The van der Waals surface area contributed by atoms with Gasteiger partial charge in [0, 0.05) is 13.5 Å². The molecule has 0 heterocycles. The molecule has 0 aliphatic rings. The molecule has 2 aromatic rings. The van der Waals surface area contributed by atoms with Gasteiger partial charge in [-0.3, -0.25) is 0 Å². The molecule has 0 bridgehead atoms. The lowest BCUT2D eigenvalue weighted by Crippen LogP contribution is -2.44. The van der Waals surface area contributed by atoms with E-state index in [0.29, 0.717) is 19.6 Å². The number of carbonyl (C=O) groups is 1. The molecule has 5 nitrogen and oxygen atoms in total. The third-order valence-corrected chi connectivity index (χ3v) is 3.48. The maximum absolute atomic E-state index is 11.6. The van der Waals surface area contributed by atoms with Crippen LogP contribution in [-0.4, -0.2) is 32.3 Å². The van der Waals surface area contributed by atoms with Gasteiger partial charge in [0.15, 0.2) is 0 Å². The lowest BCUT2D eigenvalue weighted by molar-refractivity contribution is 0.209. The van der Waals surface area contributed by atoms with Gasteiger partial charge < -0.3 is 20.1 Å². The predicted octanol–water partition coefficient (Wildman–Crippen LogP) is 3.14. The summed E-state index contributed by atoms with van der Waals surface area (Å²) < 4.78 is 11.5. The maximum Gasteiger partial charge on any atom is 0.314 e. The molecule has 5 heteroatoms. The second-order valence-electron chi connectivity index (χ2n) is 5.50. The van der Waals surface area contributed by atoms with Crippen molar-refractivity contribution in [3.8, 4) is 11.5 Å². The molecular formula is C19H24N2O3. The summed E-state index contributed by atoms with van der Waals surface area (Å²) in [5.41, 5.74) is 1.13. The highest BCUT2D eigenvalue weighted by molar-refractivity contribution is 5.73. The standard InChI is InChI=1S/C19H24N2O3/c1-15-7-6-10-18(13-15)24-14-16(21-19(22)20-2)11-12-23-17-8-4-3-5-9-17/h3-10,13,16H,11-12,14H2,1-2H3,(H2,20,21,22)/t16-/m0/s1. The van der Waals surface area contributed by atoms with Crippen LogP contribution >= 0.6 is 0 Å².